The van der Waals surface area contributed by atoms with Crippen LogP contribution in [0.25, 0.3) is 0 Å². The number of methoxy groups -OCH3 is 1. The molecule has 1 aromatic heterocycles. The van der Waals surface area contributed by atoms with Crippen LogP contribution in [0.2, 0.25) is 0 Å². The molecule has 7 heteroatoms. The number of nitrogens with one attached hydrogen (secondary N) is 2. The predicted molar refractivity (Wildman–Crippen MR) is 74.4 cm³/mol. The molecule has 106 valence electrons. The fourth-order valence-electron chi connectivity index (χ4n) is 1.78. The molecule has 0 spiro atoms. The van der Waals surface area contributed by atoms with Crippen molar-refractivity contribution in [1.29, 1.82) is 0 Å². The van der Waals surface area contributed by atoms with E-state index in [2.05, 4.69) is 20.5 Å². The molecule has 0 radical (unpaired) electrons. The predicted octanol–water partition coefficient (Wildman–Crippen LogP) is 0.758. The number of aromatic nitrogens is 3. The van der Waals surface area contributed by atoms with Gasteiger partial charge in [-0.1, -0.05) is 0 Å². The lowest BCUT2D eigenvalue weighted by Gasteiger charge is -2.07. The van der Waals surface area contributed by atoms with Crippen LogP contribution in [0, 0.1) is 0 Å². The molecule has 1 amide bonds. The SMILES string of the molecule is COc1cc(N)cc(C(=O)NCCCc2ncn[nH]2)c1. The molecule has 20 heavy (non-hydrogen) atoms. The number of ether oxygens (including phenoxy) is 1. The lowest BCUT2D eigenvalue weighted by molar-refractivity contribution is 0.0953. The van der Waals surface area contributed by atoms with Gasteiger partial charge in [-0.15, -0.1) is 0 Å². The monoisotopic (exact) mass is 275 g/mol. The first kappa shape index (κ1) is 13.9. The van der Waals surface area contributed by atoms with Crippen LogP contribution in [-0.2, 0) is 6.42 Å². The van der Waals surface area contributed by atoms with Crippen molar-refractivity contribution >= 4 is 11.6 Å². The zero-order valence-electron chi connectivity index (χ0n) is 11.2. The number of H-pyrrole nitrogens is 1. The summed E-state index contributed by atoms with van der Waals surface area (Å²) in [4.78, 5) is 16.0. The summed E-state index contributed by atoms with van der Waals surface area (Å²) in [6, 6.07) is 4.94. The molecule has 0 aliphatic rings. The molecule has 1 heterocycles. The molecule has 2 rings (SSSR count). The van der Waals surface area contributed by atoms with Crippen LogP contribution in [0.5, 0.6) is 5.75 Å². The Hall–Kier alpha value is -2.57. The standard InChI is InChI=1S/C13H17N5O2/c1-20-11-6-9(5-10(14)7-11)13(19)15-4-2-3-12-16-8-17-18-12/h5-8H,2-4,14H2,1H3,(H,15,19)(H,16,17,18). The summed E-state index contributed by atoms with van der Waals surface area (Å²) < 4.78 is 5.08. The number of aryl methyl sites for hydroxylation is 1. The second kappa shape index (κ2) is 6.55. The average molecular weight is 275 g/mol. The van der Waals surface area contributed by atoms with Crippen LogP contribution in [0.3, 0.4) is 0 Å². The van der Waals surface area contributed by atoms with E-state index in [-0.39, 0.29) is 5.91 Å². The zero-order valence-corrected chi connectivity index (χ0v) is 11.2. The van der Waals surface area contributed by atoms with E-state index in [1.54, 1.807) is 18.2 Å². The Morgan fingerprint density at radius 2 is 2.30 bits per heavy atom. The third-order valence-corrected chi connectivity index (χ3v) is 2.77. The Balaban J connectivity index is 1.83. The summed E-state index contributed by atoms with van der Waals surface area (Å²) in [6.45, 7) is 0.552. The molecule has 0 aliphatic carbocycles. The molecule has 0 fully saturated rings. The van der Waals surface area contributed by atoms with Gasteiger partial charge >= 0.3 is 0 Å². The molecule has 1 aromatic carbocycles. The van der Waals surface area contributed by atoms with Gasteiger partial charge in [-0.3, -0.25) is 9.89 Å². The highest BCUT2D eigenvalue weighted by atomic mass is 16.5. The Morgan fingerprint density at radius 1 is 1.45 bits per heavy atom. The molecule has 0 aliphatic heterocycles. The number of hydrogen-bond donors (Lipinski definition) is 3. The molecule has 0 saturated heterocycles. The van der Waals surface area contributed by atoms with E-state index in [9.17, 15) is 4.79 Å². The second-order valence-corrected chi connectivity index (χ2v) is 4.29. The van der Waals surface area contributed by atoms with E-state index in [0.717, 1.165) is 18.7 Å². The maximum atomic E-state index is 12.0. The van der Waals surface area contributed by atoms with Crippen LogP contribution in [0.1, 0.15) is 22.6 Å². The van der Waals surface area contributed by atoms with Gasteiger partial charge in [0.1, 0.15) is 17.9 Å². The van der Waals surface area contributed by atoms with Gasteiger partial charge in [-0.2, -0.15) is 5.10 Å². The van der Waals surface area contributed by atoms with Gasteiger partial charge in [-0.05, 0) is 18.6 Å². The van der Waals surface area contributed by atoms with E-state index in [1.165, 1.54) is 13.4 Å². The van der Waals surface area contributed by atoms with Crippen LogP contribution < -0.4 is 15.8 Å². The number of amides is 1. The lowest BCUT2D eigenvalue weighted by Crippen LogP contribution is -2.25. The van der Waals surface area contributed by atoms with Crippen LogP contribution in [-0.4, -0.2) is 34.7 Å². The molecule has 0 unspecified atom stereocenters. The van der Waals surface area contributed by atoms with Crippen LogP contribution >= 0.6 is 0 Å². The highest BCUT2D eigenvalue weighted by molar-refractivity contribution is 5.95. The number of nitrogens with two attached hydrogens (primary N) is 1. The Kier molecular flexibility index (Phi) is 4.54. The zero-order chi connectivity index (χ0) is 14.4. The molecule has 0 bridgehead atoms. The largest absolute Gasteiger partial charge is 0.497 e. The number of anilines is 1. The van der Waals surface area contributed by atoms with E-state index in [4.69, 9.17) is 10.5 Å². The number of nitrogens with zero attached hydrogens (tertiary/aromatic N) is 2. The molecule has 2 aromatic rings. The van der Waals surface area contributed by atoms with Crippen molar-refractivity contribution in [2.45, 2.75) is 12.8 Å². The Morgan fingerprint density at radius 3 is 3.00 bits per heavy atom. The summed E-state index contributed by atoms with van der Waals surface area (Å²) in [6.07, 6.45) is 2.98. The van der Waals surface area contributed by atoms with Crippen molar-refractivity contribution in [2.24, 2.45) is 0 Å². The molecule has 0 saturated carbocycles. The van der Waals surface area contributed by atoms with Crippen molar-refractivity contribution < 1.29 is 9.53 Å². The van der Waals surface area contributed by atoms with Crippen molar-refractivity contribution in [3.05, 3.63) is 35.9 Å². The van der Waals surface area contributed by atoms with Crippen molar-refractivity contribution in [2.75, 3.05) is 19.4 Å². The van der Waals surface area contributed by atoms with Gasteiger partial charge < -0.3 is 15.8 Å². The van der Waals surface area contributed by atoms with E-state index >= 15 is 0 Å². The quantitative estimate of drug-likeness (QED) is 0.533. The maximum absolute atomic E-state index is 12.0. The topological polar surface area (TPSA) is 106 Å². The highest BCUT2D eigenvalue weighted by Gasteiger charge is 2.08. The minimum absolute atomic E-state index is 0.173. The summed E-state index contributed by atoms with van der Waals surface area (Å²) >= 11 is 0. The number of carbonyl (C=O) groups is 1. The summed E-state index contributed by atoms with van der Waals surface area (Å²) in [5, 5.41) is 9.36. The molecule has 4 N–H and O–H groups in total. The van der Waals surface area contributed by atoms with Crippen LogP contribution in [0.4, 0.5) is 5.69 Å². The lowest BCUT2D eigenvalue weighted by atomic mass is 10.1. The first-order valence-corrected chi connectivity index (χ1v) is 6.26. The average Bonchev–Trinajstić information content (AvgIpc) is 2.95. The molecule has 7 nitrogen and oxygen atoms in total. The first-order valence-electron chi connectivity index (χ1n) is 6.26. The van der Waals surface area contributed by atoms with Gasteiger partial charge in [-0.25, -0.2) is 4.98 Å². The summed E-state index contributed by atoms with van der Waals surface area (Å²) in [7, 11) is 1.54. The highest BCUT2D eigenvalue weighted by Crippen LogP contribution is 2.18. The molecular formula is C13H17N5O2. The fourth-order valence-corrected chi connectivity index (χ4v) is 1.78. The van der Waals surface area contributed by atoms with E-state index in [1.807, 2.05) is 0 Å². The van der Waals surface area contributed by atoms with Crippen molar-refractivity contribution in [3.8, 4) is 5.75 Å². The Labute approximate surface area is 116 Å². The molecule has 0 atom stereocenters. The maximum Gasteiger partial charge on any atom is 0.251 e. The smallest absolute Gasteiger partial charge is 0.251 e. The third-order valence-electron chi connectivity index (χ3n) is 2.77. The number of aromatic amines is 1. The van der Waals surface area contributed by atoms with E-state index in [0.29, 0.717) is 23.5 Å². The third kappa shape index (κ3) is 3.71. The van der Waals surface area contributed by atoms with Gasteiger partial charge in [0.15, 0.2) is 0 Å². The number of hydrogen-bond acceptors (Lipinski definition) is 5. The fraction of sp³-hybridized carbons (Fsp3) is 0.308. The van der Waals surface area contributed by atoms with Crippen molar-refractivity contribution in [3.63, 3.8) is 0 Å². The minimum atomic E-state index is -0.173. The number of benzene rings is 1. The number of nitrogen functional groups attached to an aromatic ring is 1. The summed E-state index contributed by atoms with van der Waals surface area (Å²) in [5.74, 6) is 1.20. The van der Waals surface area contributed by atoms with Gasteiger partial charge in [0.2, 0.25) is 0 Å². The van der Waals surface area contributed by atoms with Gasteiger partial charge in [0, 0.05) is 30.3 Å². The second-order valence-electron chi connectivity index (χ2n) is 4.29. The first-order chi connectivity index (χ1) is 9.69. The van der Waals surface area contributed by atoms with Crippen molar-refractivity contribution in [1.82, 2.24) is 20.5 Å². The number of rotatable bonds is 6. The van der Waals surface area contributed by atoms with Gasteiger partial charge in [0.05, 0.1) is 7.11 Å². The normalized spacial score (nSPS) is 10.2. The van der Waals surface area contributed by atoms with Crippen LogP contribution in [0.15, 0.2) is 24.5 Å². The van der Waals surface area contributed by atoms with E-state index < -0.39 is 0 Å². The molecular weight excluding hydrogens is 258 g/mol. The number of carbonyl (C=O) groups excluding carboxylic acids is 1. The minimum Gasteiger partial charge on any atom is -0.497 e. The Bertz CT molecular complexity index is 568. The summed E-state index contributed by atoms with van der Waals surface area (Å²) in [5.41, 5.74) is 6.70. The van der Waals surface area contributed by atoms with Gasteiger partial charge in [0.25, 0.3) is 5.91 Å².